The van der Waals surface area contributed by atoms with Gasteiger partial charge in [-0.3, -0.25) is 0 Å². The smallest absolute Gasteiger partial charge is 0.337 e. The van der Waals surface area contributed by atoms with Gasteiger partial charge in [0.05, 0.1) is 18.8 Å². The summed E-state index contributed by atoms with van der Waals surface area (Å²) in [5.74, 6) is 0.340. The number of carbonyl (C=O) groups is 1. The first-order valence-electron chi connectivity index (χ1n) is 5.25. The molecule has 5 nitrogen and oxygen atoms in total. The molecule has 0 saturated heterocycles. The Morgan fingerprint density at radius 3 is 2.88 bits per heavy atom. The summed E-state index contributed by atoms with van der Waals surface area (Å²) in [5.41, 5.74) is 0.522. The highest BCUT2D eigenvalue weighted by Gasteiger charge is 2.24. The van der Waals surface area contributed by atoms with Crippen LogP contribution in [0.5, 0.6) is 0 Å². The maximum absolute atomic E-state index is 11.3. The van der Waals surface area contributed by atoms with E-state index in [0.29, 0.717) is 31.0 Å². The number of carbonyl (C=O) groups excluding carboxylic acids is 1. The molecular weight excluding hydrogens is 212 g/mol. The molecule has 1 heterocycles. The molecule has 1 aliphatic rings. The molecule has 0 saturated carbocycles. The lowest BCUT2D eigenvalue weighted by molar-refractivity contribution is -0.147. The van der Waals surface area contributed by atoms with Crippen molar-refractivity contribution in [2.45, 2.75) is 26.4 Å². The van der Waals surface area contributed by atoms with Crippen molar-refractivity contribution in [2.75, 3.05) is 27.1 Å². The van der Waals surface area contributed by atoms with Crippen molar-refractivity contribution in [1.29, 1.82) is 0 Å². The van der Waals surface area contributed by atoms with Gasteiger partial charge >= 0.3 is 5.97 Å². The van der Waals surface area contributed by atoms with E-state index in [0.717, 1.165) is 0 Å². The first kappa shape index (κ1) is 13.0. The highest BCUT2D eigenvalue weighted by molar-refractivity contribution is 5.89. The third-order valence-corrected chi connectivity index (χ3v) is 2.25. The Morgan fingerprint density at radius 2 is 2.19 bits per heavy atom. The second-order valence-electron chi connectivity index (χ2n) is 3.63. The molecule has 16 heavy (non-hydrogen) atoms. The highest BCUT2D eigenvalue weighted by atomic mass is 16.7. The Kier molecular flexibility index (Phi) is 5.28. The van der Waals surface area contributed by atoms with Crippen molar-refractivity contribution in [3.63, 3.8) is 0 Å². The van der Waals surface area contributed by atoms with Crippen molar-refractivity contribution in [3.8, 4) is 0 Å². The fraction of sp³-hybridized carbons (Fsp3) is 0.727. The molecule has 0 aromatic heterocycles. The summed E-state index contributed by atoms with van der Waals surface area (Å²) in [4.78, 5) is 11.3. The van der Waals surface area contributed by atoms with Gasteiger partial charge in [0.2, 0.25) is 0 Å². The quantitative estimate of drug-likeness (QED) is 0.390. The van der Waals surface area contributed by atoms with Gasteiger partial charge < -0.3 is 18.9 Å². The maximum atomic E-state index is 11.3. The van der Waals surface area contributed by atoms with E-state index in [1.807, 2.05) is 6.92 Å². The SMILES string of the molecule is COCCOCOC1=C(C)C(=O)O[C@@H](C)C1. The van der Waals surface area contributed by atoms with Gasteiger partial charge in [-0.15, -0.1) is 0 Å². The minimum Gasteiger partial charge on any atom is -0.471 e. The third-order valence-electron chi connectivity index (χ3n) is 2.25. The molecule has 0 spiro atoms. The lowest BCUT2D eigenvalue weighted by atomic mass is 10.1. The van der Waals surface area contributed by atoms with E-state index < -0.39 is 0 Å². The standard InChI is InChI=1S/C11H18O5/c1-8-6-10(9(2)11(12)16-8)15-7-14-5-4-13-3/h8H,4-7H2,1-3H3/t8-/m0/s1. The lowest BCUT2D eigenvalue weighted by Gasteiger charge is -2.23. The molecule has 0 radical (unpaired) electrons. The van der Waals surface area contributed by atoms with Crippen molar-refractivity contribution >= 4 is 5.97 Å². The number of cyclic esters (lactones) is 1. The molecule has 0 fully saturated rings. The third kappa shape index (κ3) is 3.83. The van der Waals surface area contributed by atoms with Crippen LogP contribution in [-0.2, 0) is 23.7 Å². The Morgan fingerprint density at radius 1 is 1.44 bits per heavy atom. The Bertz CT molecular complexity index is 272. The van der Waals surface area contributed by atoms with E-state index in [-0.39, 0.29) is 18.9 Å². The van der Waals surface area contributed by atoms with Crippen LogP contribution in [0.2, 0.25) is 0 Å². The minimum absolute atomic E-state index is 0.134. The summed E-state index contributed by atoms with van der Waals surface area (Å²) >= 11 is 0. The van der Waals surface area contributed by atoms with Crippen LogP contribution in [0.25, 0.3) is 0 Å². The average Bonchev–Trinajstić information content (AvgIpc) is 2.24. The van der Waals surface area contributed by atoms with Crippen LogP contribution in [-0.4, -0.2) is 39.2 Å². The van der Waals surface area contributed by atoms with Gasteiger partial charge in [-0.05, 0) is 13.8 Å². The number of methoxy groups -OCH3 is 1. The summed E-state index contributed by atoms with van der Waals surface area (Å²) in [6.45, 7) is 4.66. The normalized spacial score (nSPS) is 20.9. The second-order valence-corrected chi connectivity index (χ2v) is 3.63. The van der Waals surface area contributed by atoms with Gasteiger partial charge in [-0.2, -0.15) is 0 Å². The van der Waals surface area contributed by atoms with Crippen LogP contribution >= 0.6 is 0 Å². The van der Waals surface area contributed by atoms with E-state index in [1.54, 1.807) is 14.0 Å². The molecule has 1 rings (SSSR count). The van der Waals surface area contributed by atoms with Crippen molar-refractivity contribution in [2.24, 2.45) is 0 Å². The molecule has 0 bridgehead atoms. The first-order valence-corrected chi connectivity index (χ1v) is 5.25. The van der Waals surface area contributed by atoms with Crippen LogP contribution in [0.3, 0.4) is 0 Å². The molecule has 0 aromatic rings. The molecule has 0 N–H and O–H groups in total. The summed E-state index contributed by atoms with van der Waals surface area (Å²) in [5, 5.41) is 0. The van der Waals surface area contributed by atoms with Crippen molar-refractivity contribution in [1.82, 2.24) is 0 Å². The number of ether oxygens (including phenoxy) is 4. The fourth-order valence-corrected chi connectivity index (χ4v) is 1.32. The summed E-state index contributed by atoms with van der Waals surface area (Å²) in [7, 11) is 1.61. The number of esters is 1. The molecule has 0 aliphatic carbocycles. The average molecular weight is 230 g/mol. The minimum atomic E-state index is -0.314. The zero-order chi connectivity index (χ0) is 12.0. The van der Waals surface area contributed by atoms with Gasteiger partial charge in [0.25, 0.3) is 0 Å². The Hall–Kier alpha value is -1.07. The predicted molar refractivity (Wildman–Crippen MR) is 56.7 cm³/mol. The Balaban J connectivity index is 2.34. The van der Waals surface area contributed by atoms with Crippen molar-refractivity contribution in [3.05, 3.63) is 11.3 Å². The van der Waals surface area contributed by atoms with Crippen LogP contribution in [0.1, 0.15) is 20.3 Å². The second kappa shape index (κ2) is 6.50. The van der Waals surface area contributed by atoms with Crippen LogP contribution in [0, 0.1) is 0 Å². The van der Waals surface area contributed by atoms with Crippen LogP contribution in [0.15, 0.2) is 11.3 Å². The summed E-state index contributed by atoms with van der Waals surface area (Å²) < 4.78 is 20.4. The van der Waals surface area contributed by atoms with Gasteiger partial charge in [0.1, 0.15) is 11.9 Å². The number of hydrogen-bond acceptors (Lipinski definition) is 5. The van der Waals surface area contributed by atoms with Gasteiger partial charge in [-0.25, -0.2) is 4.79 Å². The van der Waals surface area contributed by atoms with Crippen LogP contribution in [0.4, 0.5) is 0 Å². The molecule has 1 atom stereocenters. The zero-order valence-corrected chi connectivity index (χ0v) is 9.95. The number of rotatable bonds is 6. The molecule has 0 amide bonds. The van der Waals surface area contributed by atoms with E-state index in [2.05, 4.69) is 0 Å². The van der Waals surface area contributed by atoms with E-state index in [4.69, 9.17) is 18.9 Å². The van der Waals surface area contributed by atoms with E-state index in [1.165, 1.54) is 0 Å². The largest absolute Gasteiger partial charge is 0.471 e. The highest BCUT2D eigenvalue weighted by Crippen LogP contribution is 2.21. The molecule has 0 unspecified atom stereocenters. The van der Waals surface area contributed by atoms with Gasteiger partial charge in [0, 0.05) is 13.5 Å². The predicted octanol–water partition coefficient (Wildman–Crippen LogP) is 1.23. The molecule has 92 valence electrons. The first-order chi connectivity index (χ1) is 7.65. The topological polar surface area (TPSA) is 54.0 Å². The lowest BCUT2D eigenvalue weighted by Crippen LogP contribution is -2.24. The van der Waals surface area contributed by atoms with Gasteiger partial charge in [-0.1, -0.05) is 0 Å². The summed E-state index contributed by atoms with van der Waals surface area (Å²) in [6, 6.07) is 0. The summed E-state index contributed by atoms with van der Waals surface area (Å²) in [6.07, 6.45) is 0.468. The van der Waals surface area contributed by atoms with E-state index in [9.17, 15) is 4.79 Å². The number of hydrogen-bond donors (Lipinski definition) is 0. The zero-order valence-electron chi connectivity index (χ0n) is 9.95. The molecule has 1 aliphatic heterocycles. The van der Waals surface area contributed by atoms with Crippen molar-refractivity contribution < 1.29 is 23.7 Å². The molecule has 0 aromatic carbocycles. The van der Waals surface area contributed by atoms with Crippen LogP contribution < -0.4 is 0 Å². The molecular formula is C11H18O5. The molecule has 5 heteroatoms. The fourth-order valence-electron chi connectivity index (χ4n) is 1.32. The Labute approximate surface area is 95.3 Å². The van der Waals surface area contributed by atoms with E-state index >= 15 is 0 Å². The van der Waals surface area contributed by atoms with Gasteiger partial charge in [0.15, 0.2) is 6.79 Å². The maximum Gasteiger partial charge on any atom is 0.337 e. The monoisotopic (exact) mass is 230 g/mol.